The van der Waals surface area contributed by atoms with Crippen molar-refractivity contribution >= 4 is 40.3 Å². The molecule has 15 heavy (non-hydrogen) atoms. The molecule has 0 atom stereocenters. The predicted molar refractivity (Wildman–Crippen MR) is 68.0 cm³/mol. The molecule has 6 heteroatoms. The Morgan fingerprint density at radius 1 is 1.53 bits per heavy atom. The summed E-state index contributed by atoms with van der Waals surface area (Å²) in [6.45, 7) is 0. The SMILES string of the molecule is CN(C(=O)NC(=N)N)c1ccccc1I. The Bertz CT molecular complexity index is 393. The first-order chi connectivity index (χ1) is 7.02. The summed E-state index contributed by atoms with van der Waals surface area (Å²) in [6.07, 6.45) is 0. The van der Waals surface area contributed by atoms with Crippen molar-refractivity contribution in [2.45, 2.75) is 0 Å². The number of rotatable bonds is 1. The fraction of sp³-hybridized carbons (Fsp3) is 0.111. The minimum Gasteiger partial charge on any atom is -0.370 e. The summed E-state index contributed by atoms with van der Waals surface area (Å²) in [7, 11) is 1.62. The van der Waals surface area contributed by atoms with E-state index in [0.717, 1.165) is 9.26 Å². The quantitative estimate of drug-likeness (QED) is 0.415. The molecule has 80 valence electrons. The van der Waals surface area contributed by atoms with Crippen LogP contribution >= 0.6 is 22.6 Å². The number of guanidine groups is 1. The Morgan fingerprint density at radius 3 is 2.67 bits per heavy atom. The van der Waals surface area contributed by atoms with Gasteiger partial charge in [0.25, 0.3) is 0 Å². The number of carbonyl (C=O) groups is 1. The van der Waals surface area contributed by atoms with E-state index < -0.39 is 6.03 Å². The molecule has 5 nitrogen and oxygen atoms in total. The second kappa shape index (κ2) is 4.96. The molecule has 0 radical (unpaired) electrons. The van der Waals surface area contributed by atoms with Crippen LogP contribution in [0.4, 0.5) is 10.5 Å². The molecule has 0 aromatic heterocycles. The third-order valence-corrected chi connectivity index (χ3v) is 2.67. The molecule has 0 spiro atoms. The lowest BCUT2D eigenvalue weighted by atomic mass is 10.3. The summed E-state index contributed by atoms with van der Waals surface area (Å²) >= 11 is 2.14. The highest BCUT2D eigenvalue weighted by Crippen LogP contribution is 2.20. The van der Waals surface area contributed by atoms with Gasteiger partial charge >= 0.3 is 6.03 Å². The van der Waals surface area contributed by atoms with Crippen molar-refractivity contribution in [3.8, 4) is 0 Å². The highest BCUT2D eigenvalue weighted by Gasteiger charge is 2.12. The highest BCUT2D eigenvalue weighted by atomic mass is 127. The van der Waals surface area contributed by atoms with Crippen LogP contribution in [-0.2, 0) is 0 Å². The molecular weight excluding hydrogens is 307 g/mol. The van der Waals surface area contributed by atoms with Gasteiger partial charge in [-0.05, 0) is 34.7 Å². The molecule has 0 fully saturated rings. The van der Waals surface area contributed by atoms with Gasteiger partial charge in [0.1, 0.15) is 0 Å². The first-order valence-electron chi connectivity index (χ1n) is 4.15. The molecule has 0 aliphatic rings. The van der Waals surface area contributed by atoms with Crippen molar-refractivity contribution in [3.05, 3.63) is 27.8 Å². The van der Waals surface area contributed by atoms with Crippen LogP contribution in [0.25, 0.3) is 0 Å². The second-order valence-corrected chi connectivity index (χ2v) is 4.02. The van der Waals surface area contributed by atoms with Crippen LogP contribution in [0.3, 0.4) is 0 Å². The predicted octanol–water partition coefficient (Wildman–Crippen LogP) is 1.33. The molecule has 0 unspecified atom stereocenters. The van der Waals surface area contributed by atoms with Gasteiger partial charge in [0.05, 0.1) is 5.69 Å². The fourth-order valence-corrected chi connectivity index (χ4v) is 1.78. The molecule has 0 heterocycles. The molecule has 0 saturated heterocycles. The first kappa shape index (κ1) is 11.8. The van der Waals surface area contributed by atoms with Crippen molar-refractivity contribution in [2.75, 3.05) is 11.9 Å². The maximum absolute atomic E-state index is 11.5. The van der Waals surface area contributed by atoms with E-state index in [1.165, 1.54) is 4.90 Å². The van der Waals surface area contributed by atoms with Gasteiger partial charge < -0.3 is 5.73 Å². The van der Waals surface area contributed by atoms with Crippen molar-refractivity contribution in [3.63, 3.8) is 0 Å². The smallest absolute Gasteiger partial charge is 0.328 e. The van der Waals surface area contributed by atoms with Gasteiger partial charge in [0.2, 0.25) is 0 Å². The van der Waals surface area contributed by atoms with E-state index in [1.54, 1.807) is 7.05 Å². The summed E-state index contributed by atoms with van der Waals surface area (Å²) < 4.78 is 0.955. The molecular formula is C9H11IN4O. The zero-order valence-electron chi connectivity index (χ0n) is 8.12. The maximum Gasteiger partial charge on any atom is 0.328 e. The largest absolute Gasteiger partial charge is 0.370 e. The Kier molecular flexibility index (Phi) is 3.89. The van der Waals surface area contributed by atoms with Crippen LogP contribution < -0.4 is 16.0 Å². The van der Waals surface area contributed by atoms with Gasteiger partial charge in [-0.2, -0.15) is 0 Å². The molecule has 4 N–H and O–H groups in total. The van der Waals surface area contributed by atoms with Gasteiger partial charge in [-0.1, -0.05) is 12.1 Å². The number of amides is 2. The number of hydrogen-bond donors (Lipinski definition) is 3. The monoisotopic (exact) mass is 318 g/mol. The highest BCUT2D eigenvalue weighted by molar-refractivity contribution is 14.1. The maximum atomic E-state index is 11.5. The number of anilines is 1. The number of urea groups is 1. The molecule has 0 bridgehead atoms. The summed E-state index contributed by atoms with van der Waals surface area (Å²) in [5.41, 5.74) is 5.84. The summed E-state index contributed by atoms with van der Waals surface area (Å²) in [5.74, 6) is -0.363. The standard InChI is InChI=1S/C9H11IN4O/c1-14(9(15)13-8(11)12)7-5-3-2-4-6(7)10/h2-5H,1H3,(H4,11,12,13,15). The number of halogens is 1. The lowest BCUT2D eigenvalue weighted by Crippen LogP contribution is -2.44. The van der Waals surface area contributed by atoms with Crippen LogP contribution in [0.1, 0.15) is 0 Å². The minimum absolute atomic E-state index is 0.363. The molecule has 0 aliphatic carbocycles. The fourth-order valence-electron chi connectivity index (χ4n) is 1.03. The van der Waals surface area contributed by atoms with Gasteiger partial charge in [0, 0.05) is 10.6 Å². The molecule has 1 rings (SSSR count). The zero-order valence-corrected chi connectivity index (χ0v) is 10.3. The van der Waals surface area contributed by atoms with Crippen molar-refractivity contribution in [2.24, 2.45) is 5.73 Å². The van der Waals surface area contributed by atoms with Crippen LogP contribution in [0.2, 0.25) is 0 Å². The molecule has 1 aromatic rings. The zero-order chi connectivity index (χ0) is 11.4. The third kappa shape index (κ3) is 3.08. The lowest BCUT2D eigenvalue weighted by Gasteiger charge is -2.18. The Labute approximate surface area is 101 Å². The van der Waals surface area contributed by atoms with Gasteiger partial charge in [-0.3, -0.25) is 15.6 Å². The summed E-state index contributed by atoms with van der Waals surface area (Å²) in [6, 6.07) is 7.03. The number of nitrogens with two attached hydrogens (primary N) is 1. The van der Waals surface area contributed by atoms with Gasteiger partial charge in [-0.25, -0.2) is 4.79 Å². The lowest BCUT2D eigenvalue weighted by molar-refractivity contribution is 0.251. The topological polar surface area (TPSA) is 82.2 Å². The number of hydrogen-bond acceptors (Lipinski definition) is 2. The molecule has 1 aromatic carbocycles. The van der Waals surface area contributed by atoms with Gasteiger partial charge in [0.15, 0.2) is 5.96 Å². The van der Waals surface area contributed by atoms with E-state index >= 15 is 0 Å². The van der Waals surface area contributed by atoms with Crippen molar-refractivity contribution in [1.82, 2.24) is 5.32 Å². The second-order valence-electron chi connectivity index (χ2n) is 2.85. The van der Waals surface area contributed by atoms with E-state index in [-0.39, 0.29) is 5.96 Å². The number of nitrogens with one attached hydrogen (secondary N) is 2. The number of benzene rings is 1. The van der Waals surface area contributed by atoms with E-state index in [9.17, 15) is 4.79 Å². The minimum atomic E-state index is -0.424. The molecule has 2 amide bonds. The van der Waals surface area contributed by atoms with E-state index in [0.29, 0.717) is 0 Å². The Hall–Kier alpha value is -1.31. The van der Waals surface area contributed by atoms with E-state index in [2.05, 4.69) is 27.9 Å². The van der Waals surface area contributed by atoms with Crippen LogP contribution in [0.15, 0.2) is 24.3 Å². The number of carbonyl (C=O) groups excluding carboxylic acids is 1. The third-order valence-electron chi connectivity index (χ3n) is 1.76. The van der Waals surface area contributed by atoms with Gasteiger partial charge in [-0.15, -0.1) is 0 Å². The number of para-hydroxylation sites is 1. The van der Waals surface area contributed by atoms with E-state index in [1.807, 2.05) is 24.3 Å². The van der Waals surface area contributed by atoms with Crippen LogP contribution in [-0.4, -0.2) is 19.0 Å². The summed E-state index contributed by atoms with van der Waals surface area (Å²) in [5, 5.41) is 9.16. The van der Waals surface area contributed by atoms with Crippen LogP contribution in [0.5, 0.6) is 0 Å². The normalized spacial score (nSPS) is 9.47. The Morgan fingerprint density at radius 2 is 2.13 bits per heavy atom. The van der Waals surface area contributed by atoms with Crippen molar-refractivity contribution in [1.29, 1.82) is 5.41 Å². The average molecular weight is 318 g/mol. The van der Waals surface area contributed by atoms with E-state index in [4.69, 9.17) is 11.1 Å². The number of nitrogens with zero attached hydrogens (tertiary/aromatic N) is 1. The van der Waals surface area contributed by atoms with Crippen LogP contribution in [0, 0.1) is 8.98 Å². The molecule has 0 saturated carbocycles. The van der Waals surface area contributed by atoms with Crippen molar-refractivity contribution < 1.29 is 4.79 Å². The first-order valence-corrected chi connectivity index (χ1v) is 5.23. The Balaban J connectivity index is 2.85. The average Bonchev–Trinajstić information content (AvgIpc) is 2.16. The summed E-state index contributed by atoms with van der Waals surface area (Å²) in [4.78, 5) is 12.9. The molecule has 0 aliphatic heterocycles.